The normalized spacial score (nSPS) is 16.1. The Kier molecular flexibility index (Phi) is 6.64. The molecule has 0 saturated heterocycles. The maximum atomic E-state index is 12.7. The van der Waals surface area contributed by atoms with Crippen molar-refractivity contribution in [1.82, 2.24) is 0 Å². The van der Waals surface area contributed by atoms with Crippen molar-refractivity contribution in [3.05, 3.63) is 48.0 Å². The fourth-order valence-corrected chi connectivity index (χ4v) is 5.27. The Bertz CT molecular complexity index is 1020. The van der Waals surface area contributed by atoms with Crippen LogP contribution in [0.15, 0.2) is 52.3 Å². The monoisotopic (exact) mass is 432 g/mol. The number of fused-ring (bicyclic) bond motifs is 1. The van der Waals surface area contributed by atoms with Crippen molar-refractivity contribution in [2.24, 2.45) is 0 Å². The second-order valence-corrected chi connectivity index (χ2v) is 10.2. The van der Waals surface area contributed by atoms with Crippen LogP contribution in [0.4, 0.5) is 11.4 Å². The highest BCUT2D eigenvalue weighted by molar-refractivity contribution is 8.01. The molecule has 3 rings (SSSR count). The van der Waals surface area contributed by atoms with Crippen molar-refractivity contribution in [2.75, 3.05) is 16.4 Å². The predicted octanol–water partition coefficient (Wildman–Crippen LogP) is 3.87. The van der Waals surface area contributed by atoms with E-state index < -0.39 is 9.84 Å². The second kappa shape index (κ2) is 9.00. The highest BCUT2D eigenvalue weighted by Crippen LogP contribution is 2.38. The van der Waals surface area contributed by atoms with Gasteiger partial charge in [0.15, 0.2) is 9.84 Å². The number of carbonyl (C=O) groups is 2. The van der Waals surface area contributed by atoms with Crippen molar-refractivity contribution < 1.29 is 18.0 Å². The lowest BCUT2D eigenvalue weighted by atomic mass is 10.1. The minimum atomic E-state index is -3.65. The van der Waals surface area contributed by atoms with E-state index in [1.165, 1.54) is 23.9 Å². The first-order valence-electron chi connectivity index (χ1n) is 9.55. The van der Waals surface area contributed by atoms with Gasteiger partial charge in [-0.15, -0.1) is 11.8 Å². The standard InChI is InChI=1S/C21H24N2O4S2/c1-3-14-5-7-15(8-6-14)22-20(24)11-12-29(26,27)16-9-10-19-17(13-16)23-21(25)18(4-2)28-19/h5-10,13,18H,3-4,11-12H2,1-2H3,(H,22,24)(H,23,25)/t18-/m0/s1. The van der Waals surface area contributed by atoms with Crippen LogP contribution in [0, 0.1) is 0 Å². The topological polar surface area (TPSA) is 92.3 Å². The van der Waals surface area contributed by atoms with E-state index in [0.29, 0.717) is 17.8 Å². The molecule has 8 heteroatoms. The van der Waals surface area contributed by atoms with E-state index in [-0.39, 0.29) is 34.1 Å². The molecule has 1 aliphatic rings. The van der Waals surface area contributed by atoms with Crippen LogP contribution in [0.1, 0.15) is 32.3 Å². The Balaban J connectivity index is 1.64. The first-order valence-corrected chi connectivity index (χ1v) is 12.1. The number of hydrogen-bond donors (Lipinski definition) is 2. The van der Waals surface area contributed by atoms with Gasteiger partial charge >= 0.3 is 0 Å². The summed E-state index contributed by atoms with van der Waals surface area (Å²) in [5, 5.41) is 5.33. The molecule has 2 N–H and O–H groups in total. The molecule has 0 aromatic heterocycles. The maximum absolute atomic E-state index is 12.7. The van der Waals surface area contributed by atoms with Gasteiger partial charge in [0.25, 0.3) is 0 Å². The molecule has 6 nitrogen and oxygen atoms in total. The third kappa shape index (κ3) is 5.19. The highest BCUT2D eigenvalue weighted by Gasteiger charge is 2.27. The van der Waals surface area contributed by atoms with Gasteiger partial charge in [-0.05, 0) is 48.7 Å². The van der Waals surface area contributed by atoms with E-state index in [0.717, 1.165) is 16.9 Å². The summed E-state index contributed by atoms with van der Waals surface area (Å²) >= 11 is 1.44. The Morgan fingerprint density at radius 2 is 1.86 bits per heavy atom. The Hall–Kier alpha value is -2.32. The fraction of sp³-hybridized carbons (Fsp3) is 0.333. The zero-order valence-electron chi connectivity index (χ0n) is 16.4. The Morgan fingerprint density at radius 3 is 2.52 bits per heavy atom. The average molecular weight is 433 g/mol. The van der Waals surface area contributed by atoms with Gasteiger partial charge in [0.1, 0.15) is 0 Å². The molecule has 0 unspecified atom stereocenters. The van der Waals surface area contributed by atoms with E-state index in [1.807, 2.05) is 26.0 Å². The maximum Gasteiger partial charge on any atom is 0.237 e. The number of nitrogens with one attached hydrogen (secondary N) is 2. The second-order valence-electron chi connectivity index (χ2n) is 6.83. The SMILES string of the molecule is CCc1ccc(NC(=O)CCS(=O)(=O)c2ccc3c(c2)NC(=O)[C@H](CC)S3)cc1. The number of aryl methyl sites for hydroxylation is 1. The quantitative estimate of drug-likeness (QED) is 0.693. The summed E-state index contributed by atoms with van der Waals surface area (Å²) in [6, 6.07) is 12.2. The van der Waals surface area contributed by atoms with Crippen molar-refractivity contribution >= 4 is 44.8 Å². The third-order valence-electron chi connectivity index (χ3n) is 4.74. The Labute approximate surface area is 175 Å². The molecule has 0 spiro atoms. The van der Waals surface area contributed by atoms with Gasteiger partial charge in [0.05, 0.1) is 21.6 Å². The van der Waals surface area contributed by atoms with E-state index in [1.54, 1.807) is 18.2 Å². The predicted molar refractivity (Wildman–Crippen MR) is 116 cm³/mol. The summed E-state index contributed by atoms with van der Waals surface area (Å²) in [5.74, 6) is -0.776. The molecule has 2 aromatic carbocycles. The summed E-state index contributed by atoms with van der Waals surface area (Å²) in [5.41, 5.74) is 2.31. The van der Waals surface area contributed by atoms with Gasteiger partial charge in [-0.3, -0.25) is 9.59 Å². The van der Waals surface area contributed by atoms with Gasteiger partial charge in [0, 0.05) is 17.0 Å². The lowest BCUT2D eigenvalue weighted by Gasteiger charge is -2.23. The van der Waals surface area contributed by atoms with E-state index in [4.69, 9.17) is 0 Å². The van der Waals surface area contributed by atoms with Gasteiger partial charge < -0.3 is 10.6 Å². The number of carbonyl (C=O) groups excluding carboxylic acids is 2. The van der Waals surface area contributed by atoms with Crippen molar-refractivity contribution in [3.63, 3.8) is 0 Å². The molecule has 154 valence electrons. The lowest BCUT2D eigenvalue weighted by Crippen LogP contribution is -2.28. The summed E-state index contributed by atoms with van der Waals surface area (Å²) in [6.07, 6.45) is 1.46. The first-order chi connectivity index (χ1) is 13.8. The zero-order chi connectivity index (χ0) is 21.0. The number of anilines is 2. The van der Waals surface area contributed by atoms with E-state index >= 15 is 0 Å². The molecule has 0 saturated carbocycles. The van der Waals surface area contributed by atoms with Crippen LogP contribution in [0.5, 0.6) is 0 Å². The summed E-state index contributed by atoms with van der Waals surface area (Å²) < 4.78 is 25.3. The van der Waals surface area contributed by atoms with Gasteiger partial charge in [-0.25, -0.2) is 8.42 Å². The minimum Gasteiger partial charge on any atom is -0.326 e. The number of hydrogen-bond acceptors (Lipinski definition) is 5. The minimum absolute atomic E-state index is 0.104. The van der Waals surface area contributed by atoms with Crippen LogP contribution < -0.4 is 10.6 Å². The van der Waals surface area contributed by atoms with Crippen molar-refractivity contribution in [1.29, 1.82) is 0 Å². The summed E-state index contributed by atoms with van der Waals surface area (Å²) in [7, 11) is -3.65. The van der Waals surface area contributed by atoms with Crippen LogP contribution in [-0.4, -0.2) is 31.2 Å². The molecule has 0 aliphatic carbocycles. The zero-order valence-corrected chi connectivity index (χ0v) is 18.0. The number of thioether (sulfide) groups is 1. The third-order valence-corrected chi connectivity index (χ3v) is 7.90. The summed E-state index contributed by atoms with van der Waals surface area (Å²) in [6.45, 7) is 3.98. The van der Waals surface area contributed by atoms with Crippen LogP contribution in [0.3, 0.4) is 0 Å². The highest BCUT2D eigenvalue weighted by atomic mass is 32.2. The van der Waals surface area contributed by atoms with Crippen molar-refractivity contribution in [3.8, 4) is 0 Å². The molecule has 0 radical (unpaired) electrons. The molecular formula is C21H24N2O4S2. The molecule has 1 atom stereocenters. The van der Waals surface area contributed by atoms with Gasteiger partial charge in [-0.2, -0.15) is 0 Å². The van der Waals surface area contributed by atoms with Crippen LogP contribution in [0.2, 0.25) is 0 Å². The average Bonchev–Trinajstić information content (AvgIpc) is 2.72. The smallest absolute Gasteiger partial charge is 0.237 e. The molecule has 0 fully saturated rings. The molecular weight excluding hydrogens is 408 g/mol. The number of rotatable bonds is 7. The molecule has 2 aromatic rings. The van der Waals surface area contributed by atoms with Gasteiger partial charge in [0.2, 0.25) is 11.8 Å². The van der Waals surface area contributed by atoms with E-state index in [9.17, 15) is 18.0 Å². The summed E-state index contributed by atoms with van der Waals surface area (Å²) in [4.78, 5) is 25.2. The van der Waals surface area contributed by atoms with Crippen LogP contribution in [-0.2, 0) is 25.8 Å². The first kappa shape index (κ1) is 21.4. The molecule has 0 bridgehead atoms. The fourth-order valence-electron chi connectivity index (χ4n) is 2.98. The molecule has 29 heavy (non-hydrogen) atoms. The number of amides is 2. The molecule has 1 aliphatic heterocycles. The van der Waals surface area contributed by atoms with Crippen LogP contribution in [0.25, 0.3) is 0 Å². The number of benzene rings is 2. The largest absolute Gasteiger partial charge is 0.326 e. The number of sulfone groups is 1. The Morgan fingerprint density at radius 1 is 1.14 bits per heavy atom. The van der Waals surface area contributed by atoms with Crippen molar-refractivity contribution in [2.45, 2.75) is 48.2 Å². The lowest BCUT2D eigenvalue weighted by molar-refractivity contribution is -0.116. The molecule has 2 amide bonds. The van der Waals surface area contributed by atoms with E-state index in [2.05, 4.69) is 10.6 Å². The van der Waals surface area contributed by atoms with Gasteiger partial charge in [-0.1, -0.05) is 26.0 Å². The van der Waals surface area contributed by atoms with Crippen LogP contribution >= 0.6 is 11.8 Å². The molecule has 1 heterocycles.